The van der Waals surface area contributed by atoms with Gasteiger partial charge in [-0.05, 0) is 37.8 Å². The van der Waals surface area contributed by atoms with Gasteiger partial charge in [-0.15, -0.1) is 5.10 Å². The molecule has 0 spiro atoms. The molecule has 0 aliphatic heterocycles. The molecule has 0 aliphatic carbocycles. The Bertz CT molecular complexity index is 682. The third-order valence-corrected chi connectivity index (χ3v) is 3.90. The van der Waals surface area contributed by atoms with E-state index in [9.17, 15) is 9.90 Å². The van der Waals surface area contributed by atoms with Gasteiger partial charge in [-0.1, -0.05) is 37.3 Å². The van der Waals surface area contributed by atoms with Gasteiger partial charge in [0.25, 0.3) is 0 Å². The van der Waals surface area contributed by atoms with Gasteiger partial charge in [0.1, 0.15) is 5.69 Å². The van der Waals surface area contributed by atoms with E-state index in [1.54, 1.807) is 17.8 Å². The van der Waals surface area contributed by atoms with Gasteiger partial charge >= 0.3 is 6.03 Å². The molecular formula is C18H27N5O2. The fraction of sp³-hybridized carbons (Fsp3) is 0.500. The van der Waals surface area contributed by atoms with Crippen LogP contribution in [0.5, 0.6) is 0 Å². The normalized spacial score (nSPS) is 14.0. The third-order valence-electron chi connectivity index (χ3n) is 3.90. The molecule has 2 unspecified atom stereocenters. The minimum Gasteiger partial charge on any atom is -0.393 e. The largest absolute Gasteiger partial charge is 0.393 e. The minimum atomic E-state index is -0.396. The summed E-state index contributed by atoms with van der Waals surface area (Å²) in [5.41, 5.74) is 1.42. The van der Waals surface area contributed by atoms with Crippen LogP contribution in [-0.2, 0) is 0 Å². The highest BCUT2D eigenvalue weighted by Gasteiger charge is 2.22. The summed E-state index contributed by atoms with van der Waals surface area (Å²) in [6.45, 7) is 8.11. The fourth-order valence-electron chi connectivity index (χ4n) is 2.70. The van der Waals surface area contributed by atoms with Crippen molar-refractivity contribution in [2.45, 2.75) is 46.3 Å². The van der Waals surface area contributed by atoms with Crippen molar-refractivity contribution in [2.75, 3.05) is 6.54 Å². The van der Waals surface area contributed by atoms with Crippen molar-refractivity contribution in [3.8, 4) is 5.69 Å². The summed E-state index contributed by atoms with van der Waals surface area (Å²) in [5.74, 6) is 0. The lowest BCUT2D eigenvalue weighted by molar-refractivity contribution is 0.128. The molecule has 1 aromatic carbocycles. The first-order valence-electron chi connectivity index (χ1n) is 8.47. The Labute approximate surface area is 148 Å². The number of aliphatic hydroxyl groups is 1. The number of nitrogens with zero attached hydrogens (tertiary/aromatic N) is 3. The summed E-state index contributed by atoms with van der Waals surface area (Å²) in [7, 11) is 0. The van der Waals surface area contributed by atoms with Gasteiger partial charge in [-0.25, -0.2) is 9.48 Å². The second-order valence-corrected chi connectivity index (χ2v) is 7.19. The number of aromatic nitrogens is 3. The van der Waals surface area contributed by atoms with Crippen molar-refractivity contribution in [3.63, 3.8) is 0 Å². The molecule has 0 aliphatic rings. The molecule has 2 aromatic rings. The molecule has 0 radical (unpaired) electrons. The number of carbonyl (C=O) groups is 1. The molecule has 0 fully saturated rings. The van der Waals surface area contributed by atoms with Gasteiger partial charge in [-0.3, -0.25) is 0 Å². The van der Waals surface area contributed by atoms with E-state index in [2.05, 4.69) is 20.9 Å². The number of para-hydroxylation sites is 1. The Hall–Kier alpha value is -2.41. The fourth-order valence-corrected chi connectivity index (χ4v) is 2.70. The Kier molecular flexibility index (Phi) is 6.14. The van der Waals surface area contributed by atoms with Gasteiger partial charge in [0.05, 0.1) is 24.0 Å². The van der Waals surface area contributed by atoms with Crippen molar-refractivity contribution in [3.05, 3.63) is 42.2 Å². The van der Waals surface area contributed by atoms with Crippen LogP contribution in [0.3, 0.4) is 0 Å². The van der Waals surface area contributed by atoms with Crippen molar-refractivity contribution in [1.29, 1.82) is 0 Å². The molecule has 0 saturated carbocycles. The highest BCUT2D eigenvalue weighted by atomic mass is 16.3. The average molecular weight is 345 g/mol. The number of carbonyl (C=O) groups excluding carboxylic acids is 1. The topological polar surface area (TPSA) is 92.1 Å². The zero-order valence-electron chi connectivity index (χ0n) is 15.2. The van der Waals surface area contributed by atoms with Crippen molar-refractivity contribution >= 4 is 6.03 Å². The maximum absolute atomic E-state index is 12.1. The second-order valence-electron chi connectivity index (χ2n) is 7.19. The molecule has 2 amide bonds. The first-order valence-corrected chi connectivity index (χ1v) is 8.47. The highest BCUT2D eigenvalue weighted by Crippen LogP contribution is 2.21. The highest BCUT2D eigenvalue weighted by molar-refractivity contribution is 5.74. The van der Waals surface area contributed by atoms with Gasteiger partial charge < -0.3 is 15.7 Å². The summed E-state index contributed by atoms with van der Waals surface area (Å²) in [6, 6.07) is 9.15. The van der Waals surface area contributed by atoms with E-state index >= 15 is 0 Å². The molecule has 1 heterocycles. The lowest BCUT2D eigenvalue weighted by atomic mass is 9.87. The van der Waals surface area contributed by atoms with E-state index in [1.807, 2.05) is 51.1 Å². The monoisotopic (exact) mass is 345 g/mol. The first-order chi connectivity index (χ1) is 11.8. The Morgan fingerprint density at radius 2 is 1.96 bits per heavy atom. The van der Waals surface area contributed by atoms with Gasteiger partial charge in [0, 0.05) is 6.54 Å². The van der Waals surface area contributed by atoms with E-state index in [-0.39, 0.29) is 17.5 Å². The minimum absolute atomic E-state index is 0.175. The number of rotatable bonds is 7. The molecule has 7 heteroatoms. The molecule has 3 N–H and O–H groups in total. The number of urea groups is 1. The summed E-state index contributed by atoms with van der Waals surface area (Å²) in [4.78, 5) is 12.1. The number of amides is 2. The van der Waals surface area contributed by atoms with Crippen molar-refractivity contribution in [1.82, 2.24) is 25.6 Å². The van der Waals surface area contributed by atoms with Crippen LogP contribution in [0.25, 0.3) is 5.69 Å². The third kappa shape index (κ3) is 5.86. The van der Waals surface area contributed by atoms with Gasteiger partial charge in [0.15, 0.2) is 0 Å². The van der Waals surface area contributed by atoms with Crippen LogP contribution in [0.4, 0.5) is 4.79 Å². The van der Waals surface area contributed by atoms with Crippen LogP contribution in [0.1, 0.15) is 45.9 Å². The van der Waals surface area contributed by atoms with Gasteiger partial charge in [-0.2, -0.15) is 0 Å². The predicted molar refractivity (Wildman–Crippen MR) is 96.4 cm³/mol. The first kappa shape index (κ1) is 18.9. The standard InChI is InChI=1S/C18H27N5O2/c1-13(24)10-18(3,4)12-19-17(25)20-14(2)16-11-23(22-21-16)15-8-6-5-7-9-15/h5-9,11,13-14,24H,10,12H2,1-4H3,(H2,19,20,25). The van der Waals surface area contributed by atoms with E-state index in [0.29, 0.717) is 18.7 Å². The van der Waals surface area contributed by atoms with E-state index in [0.717, 1.165) is 5.69 Å². The molecule has 136 valence electrons. The SMILES string of the molecule is CC(O)CC(C)(C)CNC(=O)NC(C)c1cn(-c2ccccc2)nn1. The zero-order valence-corrected chi connectivity index (χ0v) is 15.2. The smallest absolute Gasteiger partial charge is 0.315 e. The Morgan fingerprint density at radius 3 is 2.60 bits per heavy atom. The van der Waals surface area contributed by atoms with Gasteiger partial charge in [0.2, 0.25) is 0 Å². The lowest BCUT2D eigenvalue weighted by Gasteiger charge is -2.26. The second kappa shape index (κ2) is 8.11. The quantitative estimate of drug-likeness (QED) is 0.718. The Morgan fingerprint density at radius 1 is 1.28 bits per heavy atom. The number of benzene rings is 1. The lowest BCUT2D eigenvalue weighted by Crippen LogP contribution is -2.42. The zero-order chi connectivity index (χ0) is 18.4. The maximum atomic E-state index is 12.1. The molecule has 2 rings (SSSR count). The average Bonchev–Trinajstić information content (AvgIpc) is 3.03. The predicted octanol–water partition coefficient (Wildman–Crippen LogP) is 2.42. The molecule has 2 atom stereocenters. The summed E-state index contributed by atoms with van der Waals surface area (Å²) < 4.78 is 1.68. The van der Waals surface area contributed by atoms with E-state index in [4.69, 9.17) is 0 Å². The van der Waals surface area contributed by atoms with Crippen molar-refractivity contribution in [2.24, 2.45) is 5.41 Å². The molecular weight excluding hydrogens is 318 g/mol. The maximum Gasteiger partial charge on any atom is 0.315 e. The number of nitrogens with one attached hydrogen (secondary N) is 2. The van der Waals surface area contributed by atoms with Crippen LogP contribution in [-0.4, -0.2) is 38.8 Å². The summed E-state index contributed by atoms with van der Waals surface area (Å²) >= 11 is 0. The molecule has 0 bridgehead atoms. The number of hydrogen-bond acceptors (Lipinski definition) is 4. The molecule has 25 heavy (non-hydrogen) atoms. The van der Waals surface area contributed by atoms with E-state index < -0.39 is 6.10 Å². The van der Waals surface area contributed by atoms with Crippen LogP contribution in [0, 0.1) is 5.41 Å². The van der Waals surface area contributed by atoms with Crippen LogP contribution < -0.4 is 10.6 Å². The van der Waals surface area contributed by atoms with Crippen molar-refractivity contribution < 1.29 is 9.90 Å². The summed E-state index contributed by atoms with van der Waals surface area (Å²) in [5, 5.41) is 23.4. The number of hydrogen-bond donors (Lipinski definition) is 3. The van der Waals surface area contributed by atoms with Crippen LogP contribution in [0.2, 0.25) is 0 Å². The summed E-state index contributed by atoms with van der Waals surface area (Å²) in [6.07, 6.45) is 2.03. The van der Waals surface area contributed by atoms with Crippen LogP contribution in [0.15, 0.2) is 36.5 Å². The molecule has 0 saturated heterocycles. The molecule has 7 nitrogen and oxygen atoms in total. The van der Waals surface area contributed by atoms with E-state index in [1.165, 1.54) is 0 Å². The Balaban J connectivity index is 1.88. The molecule has 1 aromatic heterocycles. The van der Waals surface area contributed by atoms with Crippen LogP contribution >= 0.6 is 0 Å². The number of aliphatic hydroxyl groups excluding tert-OH is 1.